The van der Waals surface area contributed by atoms with E-state index in [0.29, 0.717) is 11.8 Å². The van der Waals surface area contributed by atoms with Crippen molar-refractivity contribution in [3.8, 4) is 0 Å². The van der Waals surface area contributed by atoms with Crippen LogP contribution in [0.1, 0.15) is 6.92 Å². The van der Waals surface area contributed by atoms with Crippen molar-refractivity contribution in [3.63, 3.8) is 0 Å². The molecular formula is C7H12F3NO2S. The Morgan fingerprint density at radius 3 is 2.57 bits per heavy atom. The highest BCUT2D eigenvalue weighted by atomic mass is 32.2. The van der Waals surface area contributed by atoms with Crippen molar-refractivity contribution in [3.05, 3.63) is 0 Å². The van der Waals surface area contributed by atoms with Crippen LogP contribution in [0, 0.1) is 0 Å². The summed E-state index contributed by atoms with van der Waals surface area (Å²) in [6.45, 7) is 1.54. The molecule has 0 aliphatic heterocycles. The van der Waals surface area contributed by atoms with Crippen molar-refractivity contribution in [1.29, 1.82) is 0 Å². The molecule has 0 aromatic carbocycles. The summed E-state index contributed by atoms with van der Waals surface area (Å²) in [6, 6.07) is 0. The van der Waals surface area contributed by atoms with E-state index in [1.165, 1.54) is 6.92 Å². The zero-order valence-corrected chi connectivity index (χ0v) is 8.41. The summed E-state index contributed by atoms with van der Waals surface area (Å²) in [5, 5.41) is 11.0. The third-order valence-corrected chi connectivity index (χ3v) is 2.09. The van der Waals surface area contributed by atoms with Crippen LogP contribution in [-0.2, 0) is 4.79 Å². The van der Waals surface area contributed by atoms with Gasteiger partial charge in [-0.3, -0.25) is 4.79 Å². The molecule has 0 heterocycles. The van der Waals surface area contributed by atoms with Crippen molar-refractivity contribution in [2.24, 2.45) is 0 Å². The van der Waals surface area contributed by atoms with Crippen LogP contribution in [0.4, 0.5) is 13.2 Å². The van der Waals surface area contributed by atoms with E-state index < -0.39 is 23.9 Å². The topological polar surface area (TPSA) is 49.3 Å². The molecule has 0 aromatic heterocycles. The van der Waals surface area contributed by atoms with E-state index in [2.05, 4.69) is 5.32 Å². The Bertz CT molecular complexity index is 184. The summed E-state index contributed by atoms with van der Waals surface area (Å²) in [7, 11) is 0. The zero-order chi connectivity index (χ0) is 11.2. The molecule has 2 N–H and O–H groups in total. The second kappa shape index (κ2) is 6.13. The average molecular weight is 231 g/mol. The maximum Gasteiger partial charge on any atom is 0.397 e. The predicted octanol–water partition coefficient (Wildman–Crippen LogP) is 0.779. The average Bonchev–Trinajstić information content (AvgIpc) is 1.98. The van der Waals surface area contributed by atoms with Crippen LogP contribution in [-0.4, -0.2) is 41.3 Å². The molecule has 0 spiro atoms. The minimum atomic E-state index is -4.24. The first-order valence-corrected chi connectivity index (χ1v) is 5.06. The highest BCUT2D eigenvalue weighted by Crippen LogP contribution is 2.20. The van der Waals surface area contributed by atoms with Gasteiger partial charge in [0.1, 0.15) is 0 Å². The Hall–Kier alpha value is -0.430. The molecule has 0 saturated heterocycles. The number of aliphatic hydroxyl groups is 1. The largest absolute Gasteiger partial charge is 0.397 e. The second-order valence-corrected chi connectivity index (χ2v) is 3.75. The number of nitrogens with one attached hydrogen (secondary N) is 1. The first kappa shape index (κ1) is 13.6. The standard InChI is InChI=1S/C7H12F3NO2S/c1-5(12)2-11-6(13)3-14-4-7(8,9)10/h5,12H,2-4H2,1H3,(H,11,13). The van der Waals surface area contributed by atoms with E-state index in [1.54, 1.807) is 0 Å². The Morgan fingerprint density at radius 1 is 1.57 bits per heavy atom. The van der Waals surface area contributed by atoms with Crippen molar-refractivity contribution in [1.82, 2.24) is 5.32 Å². The summed E-state index contributed by atoms with van der Waals surface area (Å²) in [5.74, 6) is -1.78. The van der Waals surface area contributed by atoms with Crippen LogP contribution >= 0.6 is 11.8 Å². The van der Waals surface area contributed by atoms with Gasteiger partial charge in [-0.25, -0.2) is 0 Å². The highest BCUT2D eigenvalue weighted by molar-refractivity contribution is 8.00. The minimum Gasteiger partial charge on any atom is -0.392 e. The summed E-state index contributed by atoms with van der Waals surface area (Å²) in [5.41, 5.74) is 0. The summed E-state index contributed by atoms with van der Waals surface area (Å²) >= 11 is 0.501. The van der Waals surface area contributed by atoms with E-state index in [9.17, 15) is 18.0 Å². The van der Waals surface area contributed by atoms with Crippen LogP contribution in [0.3, 0.4) is 0 Å². The molecule has 0 aliphatic rings. The van der Waals surface area contributed by atoms with Gasteiger partial charge in [0.25, 0.3) is 0 Å². The summed E-state index contributed by atoms with van der Waals surface area (Å²) in [6.07, 6.45) is -4.93. The number of rotatable bonds is 5. The Kier molecular flexibility index (Phi) is 5.94. The van der Waals surface area contributed by atoms with Gasteiger partial charge in [0.15, 0.2) is 0 Å². The molecule has 0 fully saturated rings. The second-order valence-electron chi connectivity index (χ2n) is 2.76. The Balaban J connectivity index is 3.46. The van der Waals surface area contributed by atoms with Gasteiger partial charge >= 0.3 is 6.18 Å². The number of aliphatic hydroxyl groups excluding tert-OH is 1. The molecule has 0 aromatic rings. The molecule has 3 nitrogen and oxygen atoms in total. The fraction of sp³-hybridized carbons (Fsp3) is 0.857. The molecular weight excluding hydrogens is 219 g/mol. The fourth-order valence-electron chi connectivity index (χ4n) is 0.572. The van der Waals surface area contributed by atoms with Gasteiger partial charge < -0.3 is 10.4 Å². The first-order valence-electron chi connectivity index (χ1n) is 3.90. The number of alkyl halides is 3. The van der Waals surface area contributed by atoms with Crippen molar-refractivity contribution in [2.45, 2.75) is 19.2 Å². The van der Waals surface area contributed by atoms with Gasteiger partial charge in [-0.15, -0.1) is 11.8 Å². The van der Waals surface area contributed by atoms with Gasteiger partial charge in [-0.1, -0.05) is 0 Å². The van der Waals surface area contributed by atoms with E-state index in [-0.39, 0.29) is 12.3 Å². The van der Waals surface area contributed by atoms with Gasteiger partial charge in [0.05, 0.1) is 17.6 Å². The van der Waals surface area contributed by atoms with Crippen LogP contribution in [0.15, 0.2) is 0 Å². The lowest BCUT2D eigenvalue weighted by Crippen LogP contribution is -2.32. The lowest BCUT2D eigenvalue weighted by atomic mass is 10.4. The SMILES string of the molecule is CC(O)CNC(=O)CSCC(F)(F)F. The monoisotopic (exact) mass is 231 g/mol. The number of hydrogen-bond donors (Lipinski definition) is 2. The fourth-order valence-corrected chi connectivity index (χ4v) is 1.19. The number of thioether (sulfide) groups is 1. The summed E-state index contributed by atoms with van der Waals surface area (Å²) < 4.78 is 34.9. The normalized spacial score (nSPS) is 13.8. The van der Waals surface area contributed by atoms with Gasteiger partial charge in [-0.2, -0.15) is 13.2 Å². The molecule has 1 unspecified atom stereocenters. The first-order chi connectivity index (χ1) is 6.31. The smallest absolute Gasteiger partial charge is 0.392 e. The van der Waals surface area contributed by atoms with Gasteiger partial charge in [-0.05, 0) is 6.92 Å². The summed E-state index contributed by atoms with van der Waals surface area (Å²) in [4.78, 5) is 10.8. The molecule has 0 bridgehead atoms. The van der Waals surface area contributed by atoms with Crippen LogP contribution in [0.25, 0.3) is 0 Å². The zero-order valence-electron chi connectivity index (χ0n) is 7.60. The lowest BCUT2D eigenvalue weighted by Gasteiger charge is -2.07. The number of halogens is 3. The van der Waals surface area contributed by atoms with Crippen LogP contribution in [0.5, 0.6) is 0 Å². The molecule has 1 atom stereocenters. The Labute approximate surface area is 84.1 Å². The molecule has 1 amide bonds. The molecule has 7 heteroatoms. The van der Waals surface area contributed by atoms with Gasteiger partial charge in [0, 0.05) is 6.54 Å². The van der Waals surface area contributed by atoms with E-state index in [0.717, 1.165) is 0 Å². The molecule has 0 saturated carbocycles. The lowest BCUT2D eigenvalue weighted by molar-refractivity contribution is -0.119. The number of carbonyl (C=O) groups excluding carboxylic acids is 1. The molecule has 0 aliphatic carbocycles. The van der Waals surface area contributed by atoms with Crippen molar-refractivity contribution < 1.29 is 23.1 Å². The van der Waals surface area contributed by atoms with Gasteiger partial charge in [0.2, 0.25) is 5.91 Å². The van der Waals surface area contributed by atoms with E-state index in [1.807, 2.05) is 0 Å². The predicted molar refractivity (Wildman–Crippen MR) is 48.1 cm³/mol. The van der Waals surface area contributed by atoms with Crippen molar-refractivity contribution in [2.75, 3.05) is 18.1 Å². The molecule has 0 radical (unpaired) electrons. The van der Waals surface area contributed by atoms with Crippen LogP contribution < -0.4 is 5.32 Å². The third kappa shape index (κ3) is 9.66. The Morgan fingerprint density at radius 2 is 2.14 bits per heavy atom. The molecule has 14 heavy (non-hydrogen) atoms. The highest BCUT2D eigenvalue weighted by Gasteiger charge is 2.27. The molecule has 84 valence electrons. The quantitative estimate of drug-likeness (QED) is 0.735. The third-order valence-electron chi connectivity index (χ3n) is 1.09. The number of hydrogen-bond acceptors (Lipinski definition) is 3. The maximum atomic E-state index is 11.6. The van der Waals surface area contributed by atoms with Crippen molar-refractivity contribution >= 4 is 17.7 Å². The van der Waals surface area contributed by atoms with E-state index >= 15 is 0 Å². The number of amides is 1. The minimum absolute atomic E-state index is 0.0609. The molecule has 0 rings (SSSR count). The number of carbonyl (C=O) groups is 1. The van der Waals surface area contributed by atoms with E-state index in [4.69, 9.17) is 5.11 Å². The van der Waals surface area contributed by atoms with Crippen LogP contribution in [0.2, 0.25) is 0 Å². The maximum absolute atomic E-state index is 11.6.